The Kier molecular flexibility index (Phi) is 13.6. The molecule has 0 aliphatic heterocycles. The molecule has 36 heavy (non-hydrogen) atoms. The van der Waals surface area contributed by atoms with Crippen LogP contribution in [0.15, 0.2) is 30.3 Å². The highest BCUT2D eigenvalue weighted by molar-refractivity contribution is 7.98. The number of carboxylic acid groups (broad SMARTS) is 1. The van der Waals surface area contributed by atoms with Crippen molar-refractivity contribution in [2.75, 3.05) is 12.0 Å². The van der Waals surface area contributed by atoms with E-state index in [1.807, 2.05) is 36.6 Å². The minimum atomic E-state index is -1.34. The Morgan fingerprint density at radius 3 is 2.06 bits per heavy atom. The minimum Gasteiger partial charge on any atom is -0.480 e. The first-order chi connectivity index (χ1) is 17.0. The van der Waals surface area contributed by atoms with Gasteiger partial charge in [0.1, 0.15) is 18.1 Å². The summed E-state index contributed by atoms with van der Waals surface area (Å²) in [6.07, 6.45) is 1.95. The third kappa shape index (κ3) is 11.1. The third-order valence-electron chi connectivity index (χ3n) is 5.42. The summed E-state index contributed by atoms with van der Waals surface area (Å²) >= 11 is 1.45. The largest absolute Gasteiger partial charge is 0.480 e. The predicted octanol–water partition coefficient (Wildman–Crippen LogP) is -0.230. The molecule has 0 heterocycles. The van der Waals surface area contributed by atoms with Gasteiger partial charge in [-0.05, 0) is 42.8 Å². The van der Waals surface area contributed by atoms with Crippen LogP contribution in [0, 0.1) is 5.92 Å². The fraction of sp³-hybridized carbons (Fsp3) is 0.542. The van der Waals surface area contributed by atoms with Crippen LogP contribution in [-0.2, 0) is 30.4 Å². The predicted molar refractivity (Wildman–Crippen MR) is 138 cm³/mol. The van der Waals surface area contributed by atoms with Crippen LogP contribution in [0.1, 0.15) is 38.7 Å². The fourth-order valence-corrected chi connectivity index (χ4v) is 3.81. The van der Waals surface area contributed by atoms with Crippen LogP contribution in [-0.4, -0.2) is 70.9 Å². The lowest BCUT2D eigenvalue weighted by Gasteiger charge is -2.27. The molecular weight excluding hydrogens is 486 g/mol. The Morgan fingerprint density at radius 2 is 1.53 bits per heavy atom. The van der Waals surface area contributed by atoms with E-state index in [0.717, 1.165) is 5.56 Å². The van der Waals surface area contributed by atoms with Crippen molar-refractivity contribution in [2.45, 2.75) is 63.7 Å². The molecule has 0 bridgehead atoms. The van der Waals surface area contributed by atoms with Crippen molar-refractivity contribution in [1.29, 1.82) is 0 Å². The Labute approximate surface area is 215 Å². The number of thioether (sulfide) groups is 1. The number of hydrogen-bond acceptors (Lipinski definition) is 7. The number of nitrogens with two attached hydrogens (primary N) is 2. The number of amides is 4. The minimum absolute atomic E-state index is 0.177. The standard InChI is InChI=1S/C24H37N5O6S/c1-14(2)20(29-21(31)16(25)13-15-7-5-4-6-8-15)23(33)27-17(11-12-36-3)22(32)28-18(24(34)35)9-10-19(26)30/h4-8,14,16-18,20H,9-13,25H2,1-3H3,(H2,26,30)(H,27,33)(H,28,32)(H,29,31)(H,34,35). The van der Waals surface area contributed by atoms with E-state index in [1.165, 1.54) is 11.8 Å². The van der Waals surface area contributed by atoms with Crippen molar-refractivity contribution in [3.8, 4) is 0 Å². The van der Waals surface area contributed by atoms with Gasteiger partial charge >= 0.3 is 5.97 Å². The number of carbonyl (C=O) groups is 5. The summed E-state index contributed by atoms with van der Waals surface area (Å²) in [6, 6.07) is 5.01. The molecule has 1 aromatic carbocycles. The zero-order valence-corrected chi connectivity index (χ0v) is 21.7. The van der Waals surface area contributed by atoms with Crippen molar-refractivity contribution in [3.05, 3.63) is 35.9 Å². The lowest BCUT2D eigenvalue weighted by Crippen LogP contribution is -2.58. The van der Waals surface area contributed by atoms with Crippen LogP contribution in [0.4, 0.5) is 0 Å². The molecule has 0 saturated heterocycles. The molecule has 200 valence electrons. The van der Waals surface area contributed by atoms with E-state index in [9.17, 15) is 29.1 Å². The molecule has 12 heteroatoms. The highest BCUT2D eigenvalue weighted by Gasteiger charge is 2.31. The van der Waals surface area contributed by atoms with E-state index in [4.69, 9.17) is 11.5 Å². The Hall–Kier alpha value is -3.12. The average Bonchev–Trinajstić information content (AvgIpc) is 2.82. The van der Waals surface area contributed by atoms with Gasteiger partial charge in [0.2, 0.25) is 23.6 Å². The zero-order chi connectivity index (χ0) is 27.3. The molecule has 11 nitrogen and oxygen atoms in total. The number of aliphatic carboxylic acids is 1. The lowest BCUT2D eigenvalue weighted by atomic mass is 10.0. The molecule has 0 aliphatic rings. The Morgan fingerprint density at radius 1 is 0.917 bits per heavy atom. The van der Waals surface area contributed by atoms with Gasteiger partial charge in [0.15, 0.2) is 0 Å². The molecule has 4 atom stereocenters. The van der Waals surface area contributed by atoms with Crippen molar-refractivity contribution in [2.24, 2.45) is 17.4 Å². The number of benzene rings is 1. The van der Waals surface area contributed by atoms with Crippen molar-refractivity contribution < 1.29 is 29.1 Å². The normalized spacial score (nSPS) is 14.2. The molecule has 0 fully saturated rings. The lowest BCUT2D eigenvalue weighted by molar-refractivity contribution is -0.142. The van der Waals surface area contributed by atoms with Crippen molar-refractivity contribution in [3.63, 3.8) is 0 Å². The molecule has 4 amide bonds. The summed E-state index contributed by atoms with van der Waals surface area (Å²) in [5, 5.41) is 17.0. The van der Waals surface area contributed by atoms with E-state index in [2.05, 4.69) is 16.0 Å². The smallest absolute Gasteiger partial charge is 0.326 e. The first-order valence-corrected chi connectivity index (χ1v) is 13.1. The van der Waals surface area contributed by atoms with Gasteiger partial charge in [-0.1, -0.05) is 44.2 Å². The van der Waals surface area contributed by atoms with E-state index in [-0.39, 0.29) is 25.2 Å². The zero-order valence-electron chi connectivity index (χ0n) is 20.9. The van der Waals surface area contributed by atoms with Gasteiger partial charge in [0.05, 0.1) is 6.04 Å². The third-order valence-corrected chi connectivity index (χ3v) is 6.06. The van der Waals surface area contributed by atoms with Crippen LogP contribution in [0.25, 0.3) is 0 Å². The second kappa shape index (κ2) is 15.8. The van der Waals surface area contributed by atoms with Gasteiger partial charge in [0.25, 0.3) is 0 Å². The summed E-state index contributed by atoms with van der Waals surface area (Å²) < 4.78 is 0. The van der Waals surface area contributed by atoms with Gasteiger partial charge in [-0.2, -0.15) is 11.8 Å². The molecule has 4 unspecified atom stereocenters. The summed E-state index contributed by atoms with van der Waals surface area (Å²) in [6.45, 7) is 3.49. The number of primary amides is 1. The van der Waals surface area contributed by atoms with Crippen LogP contribution < -0.4 is 27.4 Å². The van der Waals surface area contributed by atoms with Crippen molar-refractivity contribution in [1.82, 2.24) is 16.0 Å². The number of rotatable bonds is 16. The number of carbonyl (C=O) groups excluding carboxylic acids is 4. The maximum Gasteiger partial charge on any atom is 0.326 e. The van der Waals surface area contributed by atoms with E-state index in [1.54, 1.807) is 13.8 Å². The summed E-state index contributed by atoms with van der Waals surface area (Å²) in [4.78, 5) is 61.2. The van der Waals surface area contributed by atoms with Crippen LogP contribution >= 0.6 is 11.8 Å². The van der Waals surface area contributed by atoms with Crippen LogP contribution in [0.3, 0.4) is 0 Å². The summed E-state index contributed by atoms with van der Waals surface area (Å²) in [7, 11) is 0. The fourth-order valence-electron chi connectivity index (χ4n) is 3.34. The number of hydrogen-bond donors (Lipinski definition) is 6. The topological polar surface area (TPSA) is 194 Å². The van der Waals surface area contributed by atoms with Gasteiger partial charge in [-0.15, -0.1) is 0 Å². The Bertz CT molecular complexity index is 898. The monoisotopic (exact) mass is 523 g/mol. The molecular formula is C24H37N5O6S. The van der Waals surface area contributed by atoms with Gasteiger partial charge in [-0.3, -0.25) is 19.2 Å². The average molecular weight is 524 g/mol. The Balaban J connectivity index is 2.89. The molecule has 8 N–H and O–H groups in total. The molecule has 1 rings (SSSR count). The molecule has 0 radical (unpaired) electrons. The maximum atomic E-state index is 13.1. The quantitative estimate of drug-likeness (QED) is 0.171. The molecule has 0 aromatic heterocycles. The summed E-state index contributed by atoms with van der Waals surface area (Å²) in [5.41, 5.74) is 12.0. The molecule has 1 aromatic rings. The molecule has 0 spiro atoms. The highest BCUT2D eigenvalue weighted by Crippen LogP contribution is 2.08. The van der Waals surface area contributed by atoms with E-state index < -0.39 is 53.8 Å². The van der Waals surface area contributed by atoms with Crippen LogP contribution in [0.2, 0.25) is 0 Å². The molecule has 0 saturated carbocycles. The SMILES string of the molecule is CSCCC(NC(=O)C(NC(=O)C(N)Cc1ccccc1)C(C)C)C(=O)NC(CCC(N)=O)C(=O)O. The second-order valence-corrected chi connectivity index (χ2v) is 9.76. The second-order valence-electron chi connectivity index (χ2n) is 8.77. The molecule has 0 aliphatic carbocycles. The number of nitrogens with one attached hydrogen (secondary N) is 3. The van der Waals surface area contributed by atoms with Gasteiger partial charge in [-0.25, -0.2) is 4.79 Å². The highest BCUT2D eigenvalue weighted by atomic mass is 32.2. The van der Waals surface area contributed by atoms with E-state index in [0.29, 0.717) is 12.2 Å². The number of carboxylic acids is 1. The van der Waals surface area contributed by atoms with Crippen molar-refractivity contribution >= 4 is 41.4 Å². The first-order valence-electron chi connectivity index (χ1n) is 11.7. The van der Waals surface area contributed by atoms with E-state index >= 15 is 0 Å². The van der Waals surface area contributed by atoms with Crippen LogP contribution in [0.5, 0.6) is 0 Å². The van der Waals surface area contributed by atoms with Gasteiger partial charge in [0, 0.05) is 6.42 Å². The maximum absolute atomic E-state index is 13.1. The summed E-state index contributed by atoms with van der Waals surface area (Å²) in [5.74, 6) is -3.61. The van der Waals surface area contributed by atoms with Gasteiger partial charge < -0.3 is 32.5 Å². The first kappa shape index (κ1) is 30.9.